The maximum absolute atomic E-state index is 10.4. The molecule has 1 N–H and O–H groups in total. The lowest BCUT2D eigenvalue weighted by Crippen LogP contribution is -1.93. The van der Waals surface area contributed by atoms with E-state index < -0.39 is 5.97 Å². The minimum Gasteiger partial charge on any atom is -0.481 e. The third-order valence-electron chi connectivity index (χ3n) is 2.32. The van der Waals surface area contributed by atoms with Crippen molar-refractivity contribution in [3.8, 4) is 0 Å². The second kappa shape index (κ2) is 6.67. The molecule has 0 bridgehead atoms. The molecule has 17 heavy (non-hydrogen) atoms. The number of halogens is 2. The van der Waals surface area contributed by atoms with Crippen LogP contribution in [0, 0.1) is 0 Å². The lowest BCUT2D eigenvalue weighted by Gasteiger charge is -2.08. The minimum atomic E-state index is -0.849. The van der Waals surface area contributed by atoms with Crippen molar-refractivity contribution in [3.63, 3.8) is 0 Å². The van der Waals surface area contributed by atoms with E-state index in [1.54, 1.807) is 18.2 Å². The molecule has 0 saturated carbocycles. The van der Waals surface area contributed by atoms with Crippen LogP contribution in [0.1, 0.15) is 30.9 Å². The Labute approximate surface area is 111 Å². The predicted molar refractivity (Wildman–Crippen MR) is 71.7 cm³/mol. The van der Waals surface area contributed by atoms with Gasteiger partial charge in [0.05, 0.1) is 16.5 Å². The summed E-state index contributed by atoms with van der Waals surface area (Å²) >= 11 is 12.1. The van der Waals surface area contributed by atoms with Gasteiger partial charge in [0.1, 0.15) is 0 Å². The molecule has 0 radical (unpaired) electrons. The summed E-state index contributed by atoms with van der Waals surface area (Å²) in [4.78, 5) is 10.4. The third-order valence-corrected chi connectivity index (χ3v) is 3.17. The average molecular weight is 273 g/mol. The Morgan fingerprint density at radius 2 is 2.12 bits per heavy atom. The molecule has 1 aromatic carbocycles. The van der Waals surface area contributed by atoms with Crippen molar-refractivity contribution in [2.45, 2.75) is 26.2 Å². The van der Waals surface area contributed by atoms with Crippen LogP contribution in [0.2, 0.25) is 10.0 Å². The molecule has 0 aromatic heterocycles. The van der Waals surface area contributed by atoms with Crippen molar-refractivity contribution < 1.29 is 9.90 Å². The van der Waals surface area contributed by atoms with Crippen molar-refractivity contribution in [1.82, 2.24) is 0 Å². The molecular weight excluding hydrogens is 259 g/mol. The Morgan fingerprint density at radius 3 is 2.71 bits per heavy atom. The van der Waals surface area contributed by atoms with Gasteiger partial charge in [0.2, 0.25) is 0 Å². The van der Waals surface area contributed by atoms with E-state index in [0.29, 0.717) is 10.0 Å². The molecule has 0 aliphatic rings. The number of rotatable bonds is 5. The van der Waals surface area contributed by atoms with Crippen molar-refractivity contribution in [2.75, 3.05) is 0 Å². The zero-order valence-corrected chi connectivity index (χ0v) is 11.1. The number of aliphatic carboxylic acids is 1. The van der Waals surface area contributed by atoms with E-state index in [4.69, 9.17) is 28.3 Å². The highest BCUT2D eigenvalue weighted by atomic mass is 35.5. The van der Waals surface area contributed by atoms with Crippen molar-refractivity contribution >= 4 is 35.2 Å². The second-order valence-corrected chi connectivity index (χ2v) is 4.46. The van der Waals surface area contributed by atoms with E-state index in [-0.39, 0.29) is 6.42 Å². The summed E-state index contributed by atoms with van der Waals surface area (Å²) in [6.45, 7) is 2.06. The van der Waals surface area contributed by atoms with Gasteiger partial charge in [0.25, 0.3) is 0 Å². The van der Waals surface area contributed by atoms with Crippen LogP contribution in [0.15, 0.2) is 18.2 Å². The van der Waals surface area contributed by atoms with Gasteiger partial charge in [-0.25, -0.2) is 0 Å². The number of hydrogen-bond donors (Lipinski definition) is 1. The van der Waals surface area contributed by atoms with Crippen molar-refractivity contribution in [3.05, 3.63) is 39.4 Å². The fraction of sp³-hybridized carbons (Fsp3) is 0.308. The van der Waals surface area contributed by atoms with E-state index in [1.165, 1.54) is 0 Å². The number of carbonyl (C=O) groups is 1. The fourth-order valence-electron chi connectivity index (χ4n) is 1.55. The summed E-state index contributed by atoms with van der Waals surface area (Å²) in [6.07, 6.45) is 5.18. The highest BCUT2D eigenvalue weighted by Crippen LogP contribution is 2.30. The monoisotopic (exact) mass is 272 g/mol. The van der Waals surface area contributed by atoms with Gasteiger partial charge in [-0.2, -0.15) is 0 Å². The van der Waals surface area contributed by atoms with E-state index in [2.05, 4.69) is 6.92 Å². The molecule has 0 spiro atoms. The fourth-order valence-corrected chi connectivity index (χ4v) is 2.00. The van der Waals surface area contributed by atoms with Gasteiger partial charge in [-0.05, 0) is 23.6 Å². The Bertz CT molecular complexity index is 439. The van der Waals surface area contributed by atoms with Gasteiger partial charge >= 0.3 is 5.97 Å². The maximum Gasteiger partial charge on any atom is 0.307 e. The molecule has 2 nitrogen and oxygen atoms in total. The van der Waals surface area contributed by atoms with Crippen molar-refractivity contribution in [1.29, 1.82) is 0 Å². The largest absolute Gasteiger partial charge is 0.481 e. The van der Waals surface area contributed by atoms with Gasteiger partial charge in [-0.3, -0.25) is 4.79 Å². The summed E-state index contributed by atoms with van der Waals surface area (Å²) in [5, 5.41) is 9.66. The number of benzene rings is 1. The molecule has 0 fully saturated rings. The molecule has 0 aliphatic carbocycles. The van der Waals surface area contributed by atoms with Gasteiger partial charge in [0, 0.05) is 0 Å². The molecule has 0 aliphatic heterocycles. The molecule has 0 amide bonds. The molecule has 0 heterocycles. The Balaban J connectivity index is 3.02. The first-order chi connectivity index (χ1) is 8.06. The Kier molecular flexibility index (Phi) is 5.52. The highest BCUT2D eigenvalue weighted by Gasteiger charge is 2.08. The normalized spacial score (nSPS) is 11.0. The van der Waals surface area contributed by atoms with Crippen LogP contribution >= 0.6 is 23.2 Å². The van der Waals surface area contributed by atoms with Crippen LogP contribution in [0.25, 0.3) is 6.08 Å². The van der Waals surface area contributed by atoms with Crippen LogP contribution in [0.4, 0.5) is 0 Å². The maximum atomic E-state index is 10.4. The lowest BCUT2D eigenvalue weighted by molar-refractivity contribution is -0.135. The van der Waals surface area contributed by atoms with Crippen LogP contribution in [-0.4, -0.2) is 11.1 Å². The predicted octanol–water partition coefficient (Wildman–Crippen LogP) is 4.43. The number of carboxylic acids is 1. The van der Waals surface area contributed by atoms with Crippen molar-refractivity contribution in [2.24, 2.45) is 0 Å². The van der Waals surface area contributed by atoms with E-state index in [9.17, 15) is 4.79 Å². The van der Waals surface area contributed by atoms with Crippen LogP contribution in [-0.2, 0) is 11.2 Å². The molecule has 0 saturated heterocycles. The van der Waals surface area contributed by atoms with Crippen LogP contribution in [0.3, 0.4) is 0 Å². The third kappa shape index (κ3) is 4.06. The number of carboxylic acid groups (broad SMARTS) is 1. The van der Waals surface area contributed by atoms with Crippen LogP contribution < -0.4 is 0 Å². The first-order valence-corrected chi connectivity index (χ1v) is 6.17. The first kappa shape index (κ1) is 14.1. The molecular formula is C13H14Cl2O2. The van der Waals surface area contributed by atoms with Crippen LogP contribution in [0.5, 0.6) is 0 Å². The molecule has 1 rings (SSSR count). The SMILES string of the molecule is CCCc1c(C=CCC(=O)O)ccc(Cl)c1Cl. The number of hydrogen-bond acceptors (Lipinski definition) is 1. The minimum absolute atomic E-state index is 0.00576. The Hall–Kier alpha value is -0.990. The van der Waals surface area contributed by atoms with Gasteiger partial charge in [-0.1, -0.05) is 54.8 Å². The Morgan fingerprint density at radius 1 is 1.41 bits per heavy atom. The van der Waals surface area contributed by atoms with Gasteiger partial charge in [-0.15, -0.1) is 0 Å². The average Bonchev–Trinajstić information content (AvgIpc) is 2.27. The summed E-state index contributed by atoms with van der Waals surface area (Å²) < 4.78 is 0. The standard InChI is InChI=1S/C13H14Cl2O2/c1-2-4-10-9(5-3-6-12(16)17)7-8-11(14)13(10)15/h3,5,7-8H,2,4,6H2,1H3,(H,16,17). The molecule has 0 atom stereocenters. The van der Waals surface area contributed by atoms with Gasteiger partial charge < -0.3 is 5.11 Å². The first-order valence-electron chi connectivity index (χ1n) is 5.41. The summed E-state index contributed by atoms with van der Waals surface area (Å²) in [5.74, 6) is -0.849. The smallest absolute Gasteiger partial charge is 0.307 e. The lowest BCUT2D eigenvalue weighted by atomic mass is 10.0. The summed E-state index contributed by atoms with van der Waals surface area (Å²) in [6, 6.07) is 3.58. The van der Waals surface area contributed by atoms with E-state index >= 15 is 0 Å². The molecule has 4 heteroatoms. The topological polar surface area (TPSA) is 37.3 Å². The second-order valence-electron chi connectivity index (χ2n) is 3.68. The molecule has 1 aromatic rings. The van der Waals surface area contributed by atoms with Gasteiger partial charge in [0.15, 0.2) is 0 Å². The highest BCUT2D eigenvalue weighted by molar-refractivity contribution is 6.42. The van der Waals surface area contributed by atoms with E-state index in [0.717, 1.165) is 24.0 Å². The quantitative estimate of drug-likeness (QED) is 0.861. The summed E-state index contributed by atoms with van der Waals surface area (Å²) in [5.41, 5.74) is 1.91. The molecule has 92 valence electrons. The zero-order valence-electron chi connectivity index (χ0n) is 9.54. The zero-order chi connectivity index (χ0) is 12.8. The summed E-state index contributed by atoms with van der Waals surface area (Å²) in [7, 11) is 0. The van der Waals surface area contributed by atoms with E-state index in [1.807, 2.05) is 6.07 Å². The molecule has 0 unspecified atom stereocenters.